The normalized spacial score (nSPS) is 25.8. The standard InChI is InChI=1S/C10H17N3O5/c14-9(15)8-7-12(1-6-18-8)10(16)11-13-2-4-17-5-3-13/h8H,1-7H2,(H,11,16)(H,14,15). The first-order valence-corrected chi connectivity index (χ1v) is 5.89. The van der Waals surface area contributed by atoms with Crippen LogP contribution in [0.1, 0.15) is 0 Å². The monoisotopic (exact) mass is 259 g/mol. The highest BCUT2D eigenvalue weighted by atomic mass is 16.5. The van der Waals surface area contributed by atoms with Crippen molar-refractivity contribution in [1.82, 2.24) is 15.3 Å². The van der Waals surface area contributed by atoms with Crippen molar-refractivity contribution in [3.8, 4) is 0 Å². The molecule has 0 bridgehead atoms. The van der Waals surface area contributed by atoms with E-state index in [0.29, 0.717) is 32.8 Å². The number of aliphatic carboxylic acids is 1. The van der Waals surface area contributed by atoms with Crippen molar-refractivity contribution in [2.75, 3.05) is 46.0 Å². The molecule has 8 nitrogen and oxygen atoms in total. The molecule has 0 aliphatic carbocycles. The smallest absolute Gasteiger partial charge is 0.334 e. The van der Waals surface area contributed by atoms with Crippen molar-refractivity contribution in [3.05, 3.63) is 0 Å². The molecule has 2 N–H and O–H groups in total. The molecule has 2 amide bonds. The summed E-state index contributed by atoms with van der Waals surface area (Å²) in [5.74, 6) is -1.04. The molecule has 1 atom stereocenters. The molecule has 2 aliphatic heterocycles. The van der Waals surface area contributed by atoms with Gasteiger partial charge < -0.3 is 19.5 Å². The van der Waals surface area contributed by atoms with Gasteiger partial charge >= 0.3 is 12.0 Å². The number of nitrogens with one attached hydrogen (secondary N) is 1. The fourth-order valence-electron chi connectivity index (χ4n) is 1.86. The van der Waals surface area contributed by atoms with Crippen molar-refractivity contribution in [2.45, 2.75) is 6.10 Å². The highest BCUT2D eigenvalue weighted by molar-refractivity contribution is 5.77. The molecule has 0 radical (unpaired) electrons. The number of hydrazine groups is 1. The van der Waals surface area contributed by atoms with E-state index in [1.165, 1.54) is 4.90 Å². The zero-order chi connectivity index (χ0) is 13.0. The van der Waals surface area contributed by atoms with Crippen molar-refractivity contribution in [3.63, 3.8) is 0 Å². The molecule has 0 aromatic rings. The number of rotatable bonds is 2. The lowest BCUT2D eigenvalue weighted by Gasteiger charge is -2.34. The maximum atomic E-state index is 11.9. The molecule has 0 aromatic carbocycles. The second-order valence-electron chi connectivity index (χ2n) is 4.16. The van der Waals surface area contributed by atoms with Crippen molar-refractivity contribution < 1.29 is 24.2 Å². The quantitative estimate of drug-likeness (QED) is 0.642. The van der Waals surface area contributed by atoms with Gasteiger partial charge in [-0.15, -0.1) is 0 Å². The van der Waals surface area contributed by atoms with Crippen molar-refractivity contribution in [2.24, 2.45) is 0 Å². The van der Waals surface area contributed by atoms with Crippen LogP contribution in [-0.2, 0) is 14.3 Å². The predicted molar refractivity (Wildman–Crippen MR) is 59.9 cm³/mol. The Morgan fingerprint density at radius 2 is 1.89 bits per heavy atom. The molecule has 2 heterocycles. The highest BCUT2D eigenvalue weighted by Gasteiger charge is 2.29. The lowest BCUT2D eigenvalue weighted by atomic mass is 10.3. The first-order valence-electron chi connectivity index (χ1n) is 5.89. The summed E-state index contributed by atoms with van der Waals surface area (Å²) in [6.45, 7) is 3.16. The fourth-order valence-corrected chi connectivity index (χ4v) is 1.86. The third kappa shape index (κ3) is 3.31. The van der Waals surface area contributed by atoms with Gasteiger partial charge in [-0.25, -0.2) is 14.6 Å². The molecule has 2 saturated heterocycles. The molecule has 102 valence electrons. The molecule has 1 unspecified atom stereocenters. The Kier molecular flexibility index (Phi) is 4.34. The Balaban J connectivity index is 1.82. The predicted octanol–water partition coefficient (Wildman–Crippen LogP) is -1.27. The number of hydrogen-bond donors (Lipinski definition) is 2. The van der Waals surface area contributed by atoms with Crippen LogP contribution in [0.15, 0.2) is 0 Å². The van der Waals surface area contributed by atoms with Crippen LogP contribution in [0.5, 0.6) is 0 Å². The number of hydrogen-bond acceptors (Lipinski definition) is 5. The second-order valence-corrected chi connectivity index (χ2v) is 4.16. The van der Waals surface area contributed by atoms with Gasteiger partial charge in [-0.2, -0.15) is 0 Å². The summed E-state index contributed by atoms with van der Waals surface area (Å²) in [5, 5.41) is 10.6. The van der Waals surface area contributed by atoms with E-state index >= 15 is 0 Å². The molecular formula is C10H17N3O5. The van der Waals surface area contributed by atoms with Crippen molar-refractivity contribution >= 4 is 12.0 Å². The van der Waals surface area contributed by atoms with E-state index in [-0.39, 0.29) is 19.2 Å². The number of amides is 2. The zero-order valence-corrected chi connectivity index (χ0v) is 10.0. The SMILES string of the molecule is O=C(O)C1CN(C(=O)NN2CCOCC2)CCO1. The second kappa shape index (κ2) is 5.98. The average molecular weight is 259 g/mol. The maximum absolute atomic E-state index is 11.9. The Labute approximate surface area is 104 Å². The topological polar surface area (TPSA) is 91.3 Å². The van der Waals surface area contributed by atoms with Crippen LogP contribution in [0.3, 0.4) is 0 Å². The summed E-state index contributed by atoms with van der Waals surface area (Å²) in [6.07, 6.45) is -0.936. The molecule has 0 saturated carbocycles. The van der Waals surface area contributed by atoms with Gasteiger partial charge in [-0.3, -0.25) is 5.43 Å². The molecular weight excluding hydrogens is 242 g/mol. The van der Waals surface area contributed by atoms with E-state index in [9.17, 15) is 9.59 Å². The van der Waals surface area contributed by atoms with E-state index in [1.54, 1.807) is 5.01 Å². The number of morpholine rings is 2. The summed E-state index contributed by atoms with van der Waals surface area (Å²) >= 11 is 0. The third-order valence-electron chi connectivity index (χ3n) is 2.89. The maximum Gasteiger partial charge on any atom is 0.334 e. The molecule has 18 heavy (non-hydrogen) atoms. The van der Waals surface area contributed by atoms with E-state index in [1.807, 2.05) is 0 Å². The summed E-state index contributed by atoms with van der Waals surface area (Å²) in [5.41, 5.74) is 2.74. The molecule has 0 aromatic heterocycles. The number of nitrogens with zero attached hydrogens (tertiary/aromatic N) is 2. The van der Waals surface area contributed by atoms with Gasteiger partial charge in [0.25, 0.3) is 0 Å². The van der Waals surface area contributed by atoms with Gasteiger partial charge in [-0.1, -0.05) is 0 Å². The average Bonchev–Trinajstić information content (AvgIpc) is 2.40. The third-order valence-corrected chi connectivity index (χ3v) is 2.89. The van der Waals surface area contributed by atoms with Gasteiger partial charge in [-0.05, 0) is 0 Å². The van der Waals surface area contributed by atoms with E-state index in [0.717, 1.165) is 0 Å². The number of ether oxygens (including phenoxy) is 2. The van der Waals surface area contributed by atoms with Crippen LogP contribution >= 0.6 is 0 Å². The van der Waals surface area contributed by atoms with Gasteiger partial charge in [0.2, 0.25) is 0 Å². The summed E-state index contributed by atoms with van der Waals surface area (Å²) in [4.78, 5) is 24.2. The summed E-state index contributed by atoms with van der Waals surface area (Å²) in [6, 6.07) is -0.286. The Bertz CT molecular complexity index is 319. The first-order chi connectivity index (χ1) is 8.66. The van der Waals surface area contributed by atoms with Crippen LogP contribution in [-0.4, -0.2) is 79.1 Å². The number of carboxylic acids is 1. The lowest BCUT2D eigenvalue weighted by Crippen LogP contribution is -2.57. The van der Waals surface area contributed by atoms with Crippen LogP contribution < -0.4 is 5.43 Å². The van der Waals surface area contributed by atoms with Crippen LogP contribution in [0, 0.1) is 0 Å². The van der Waals surface area contributed by atoms with Crippen LogP contribution in [0.4, 0.5) is 4.79 Å². The largest absolute Gasteiger partial charge is 0.479 e. The number of carbonyl (C=O) groups is 2. The minimum atomic E-state index is -1.04. The van der Waals surface area contributed by atoms with E-state index < -0.39 is 12.1 Å². The van der Waals surface area contributed by atoms with Crippen molar-refractivity contribution in [1.29, 1.82) is 0 Å². The van der Waals surface area contributed by atoms with E-state index in [4.69, 9.17) is 14.6 Å². The molecule has 0 spiro atoms. The lowest BCUT2D eigenvalue weighted by molar-refractivity contribution is -0.154. The van der Waals surface area contributed by atoms with Gasteiger partial charge in [0, 0.05) is 19.6 Å². The van der Waals surface area contributed by atoms with Gasteiger partial charge in [0.1, 0.15) is 0 Å². The van der Waals surface area contributed by atoms with Gasteiger partial charge in [0.05, 0.1) is 26.4 Å². The molecule has 2 aliphatic rings. The number of carboxylic acid groups (broad SMARTS) is 1. The summed E-state index contributed by atoms with van der Waals surface area (Å²) in [7, 11) is 0. The number of urea groups is 1. The van der Waals surface area contributed by atoms with Crippen LogP contribution in [0.25, 0.3) is 0 Å². The zero-order valence-electron chi connectivity index (χ0n) is 10.0. The number of carbonyl (C=O) groups excluding carboxylic acids is 1. The fraction of sp³-hybridized carbons (Fsp3) is 0.800. The Morgan fingerprint density at radius 3 is 2.56 bits per heavy atom. The van der Waals surface area contributed by atoms with E-state index in [2.05, 4.69) is 5.43 Å². The Morgan fingerprint density at radius 1 is 1.17 bits per heavy atom. The minimum Gasteiger partial charge on any atom is -0.479 e. The summed E-state index contributed by atoms with van der Waals surface area (Å²) < 4.78 is 10.2. The highest BCUT2D eigenvalue weighted by Crippen LogP contribution is 2.06. The molecule has 2 fully saturated rings. The molecule has 2 rings (SSSR count). The van der Waals surface area contributed by atoms with Crippen LogP contribution in [0.2, 0.25) is 0 Å². The van der Waals surface area contributed by atoms with Gasteiger partial charge in [0.15, 0.2) is 6.10 Å². The minimum absolute atomic E-state index is 0.0749. The molecule has 8 heteroatoms. The first kappa shape index (κ1) is 13.1. The Hall–Kier alpha value is -1.38.